The summed E-state index contributed by atoms with van der Waals surface area (Å²) in [7, 11) is -1.69. The zero-order chi connectivity index (χ0) is 39.4. The Morgan fingerprint density at radius 3 is 1.73 bits per heavy atom. The SMILES string of the molecule is C/C=C\C(=C/C)[PH+](C[PH+](c1ccccc1)c1ccccc1)c1ccccc1.[Au+].[Au+].[C-]#Cc1cccc2c1Cc1ccccc1-2.[C-]#Cc1cccc2c1oc1ccccc12. The average Bonchev–Trinajstić information content (AvgIpc) is 3.86. The van der Waals surface area contributed by atoms with Crippen LogP contribution < -0.4 is 15.9 Å². The molecule has 9 rings (SSSR count). The van der Waals surface area contributed by atoms with Crippen LogP contribution in [0.1, 0.15) is 36.1 Å². The van der Waals surface area contributed by atoms with Crippen molar-refractivity contribution in [3.63, 3.8) is 0 Å². The normalized spacial score (nSPS) is 11.7. The minimum absolute atomic E-state index is 0. The first-order valence-corrected chi connectivity index (χ1v) is 22.7. The molecule has 0 bridgehead atoms. The number of hydrogen-bond donors (Lipinski definition) is 0. The van der Waals surface area contributed by atoms with Gasteiger partial charge in [0, 0.05) is 10.8 Å². The van der Waals surface area contributed by atoms with Gasteiger partial charge in [0.15, 0.2) is 5.90 Å². The summed E-state index contributed by atoms with van der Waals surface area (Å²) >= 11 is 0. The summed E-state index contributed by atoms with van der Waals surface area (Å²) in [5.74, 6) is 6.15. The maximum Gasteiger partial charge on any atom is 1.00 e. The van der Waals surface area contributed by atoms with E-state index in [2.05, 4.69) is 165 Å². The fourth-order valence-electron chi connectivity index (χ4n) is 7.51. The second-order valence-corrected chi connectivity index (χ2v) is 19.3. The second kappa shape index (κ2) is 22.6. The molecule has 1 aromatic heterocycles. The molecule has 59 heavy (non-hydrogen) atoms. The minimum atomic E-state index is -0.847. The second-order valence-electron chi connectivity index (χ2n) is 13.7. The van der Waals surface area contributed by atoms with Gasteiger partial charge in [-0.2, -0.15) is 0 Å². The van der Waals surface area contributed by atoms with E-state index in [-0.39, 0.29) is 44.8 Å². The van der Waals surface area contributed by atoms with Crippen molar-refractivity contribution in [2.45, 2.75) is 20.3 Å². The zero-order valence-corrected chi connectivity index (χ0v) is 39.2. The van der Waals surface area contributed by atoms with Crippen LogP contribution in [0.25, 0.3) is 33.1 Å². The number of furan rings is 1. The van der Waals surface area contributed by atoms with Crippen molar-refractivity contribution in [1.29, 1.82) is 0 Å². The summed E-state index contributed by atoms with van der Waals surface area (Å²) in [6.07, 6.45) is 22.2. The van der Waals surface area contributed by atoms with Gasteiger partial charge in [-0.1, -0.05) is 133 Å². The largest absolute Gasteiger partial charge is 1.00 e. The fourth-order valence-corrected chi connectivity index (χ4v) is 15.4. The first-order valence-electron chi connectivity index (χ1n) is 19.3. The number of allylic oxidation sites excluding steroid dienone is 4. The number of rotatable bonds is 7. The summed E-state index contributed by atoms with van der Waals surface area (Å²) in [5.41, 5.74) is 8.40. The molecule has 0 amide bonds. The summed E-state index contributed by atoms with van der Waals surface area (Å²) < 4.78 is 5.69. The molecule has 1 unspecified atom stereocenters. The Kier molecular flexibility index (Phi) is 17.4. The summed E-state index contributed by atoms with van der Waals surface area (Å²) in [5, 5.41) is 8.14. The van der Waals surface area contributed by atoms with E-state index in [9.17, 15) is 0 Å². The van der Waals surface area contributed by atoms with Crippen molar-refractivity contribution < 1.29 is 49.2 Å². The molecule has 0 radical (unpaired) electrons. The number of fused-ring (bicyclic) bond motifs is 6. The molecule has 0 aliphatic heterocycles. The molecule has 8 aromatic rings. The van der Waals surface area contributed by atoms with E-state index in [1.165, 1.54) is 49.4 Å². The van der Waals surface area contributed by atoms with Gasteiger partial charge in [0.2, 0.25) is 0 Å². The van der Waals surface area contributed by atoms with Gasteiger partial charge in [-0.05, 0) is 91.6 Å². The Morgan fingerprint density at radius 2 is 1.10 bits per heavy atom. The van der Waals surface area contributed by atoms with Crippen molar-refractivity contribution in [3.8, 4) is 23.0 Å². The van der Waals surface area contributed by atoms with Crippen LogP contribution in [0.5, 0.6) is 0 Å². The van der Waals surface area contributed by atoms with Gasteiger partial charge in [-0.15, -0.1) is 23.3 Å². The third-order valence-corrected chi connectivity index (χ3v) is 17.3. The van der Waals surface area contributed by atoms with Gasteiger partial charge in [0.1, 0.15) is 37.3 Å². The van der Waals surface area contributed by atoms with E-state index < -0.39 is 15.8 Å². The average molecular weight is 1160 g/mol. The molecule has 296 valence electrons. The molecule has 0 N–H and O–H groups in total. The molecule has 0 saturated carbocycles. The number of hydrogen-bond acceptors (Lipinski definition) is 1. The van der Waals surface area contributed by atoms with Crippen LogP contribution >= 0.6 is 15.8 Å². The van der Waals surface area contributed by atoms with Crippen LogP contribution in [0.15, 0.2) is 204 Å². The summed E-state index contributed by atoms with van der Waals surface area (Å²) in [4.78, 5) is 0. The fraction of sp³-hybridized carbons (Fsp3) is 0.0741. The van der Waals surface area contributed by atoms with Crippen LogP contribution in [0.3, 0.4) is 0 Å². The standard InChI is InChI=1S/C25H26P2.C15H9.C14H7O.2Au/c1-3-14-22(4-2)26(23-15-8-5-9-16-23)21-27(24-17-10-6-11-18-24)25-19-12-7-13-20-25;1-2-11-7-5-9-14-13-8-4-3-6-12(13)10-15(11)14;1-2-10-6-5-8-12-11-7-3-4-9-13(11)15-14(10)12;;/h3-20H,21H2,1-2H3;3-9H,10H2;3-9H;;/q;2*-1;2*+1/p+2/b14-3-,22-4+;;;;. The van der Waals surface area contributed by atoms with Gasteiger partial charge < -0.3 is 17.3 Å². The van der Waals surface area contributed by atoms with Gasteiger partial charge in [0.25, 0.3) is 0 Å². The maximum absolute atomic E-state index is 7.27. The molecule has 5 heteroatoms. The van der Waals surface area contributed by atoms with Crippen molar-refractivity contribution >= 4 is 53.7 Å². The third kappa shape index (κ3) is 10.7. The van der Waals surface area contributed by atoms with Crippen LogP contribution in [0.4, 0.5) is 0 Å². The van der Waals surface area contributed by atoms with Gasteiger partial charge in [-0.25, -0.2) is 0 Å². The Balaban J connectivity index is 0.000000176. The Morgan fingerprint density at radius 1 is 0.576 bits per heavy atom. The molecule has 1 heterocycles. The summed E-state index contributed by atoms with van der Waals surface area (Å²) in [6, 6.07) is 61.5. The van der Waals surface area contributed by atoms with Gasteiger partial charge in [0.05, 0.1) is 10.9 Å². The van der Waals surface area contributed by atoms with E-state index >= 15 is 0 Å². The molecule has 0 saturated heterocycles. The smallest absolute Gasteiger partial charge is 0.474 e. The van der Waals surface area contributed by atoms with Gasteiger partial charge in [-0.3, -0.25) is 11.8 Å². The molecule has 1 nitrogen and oxygen atoms in total. The Labute approximate surface area is 383 Å². The van der Waals surface area contributed by atoms with Crippen LogP contribution in [-0.4, -0.2) is 5.90 Å². The molecule has 0 fully saturated rings. The van der Waals surface area contributed by atoms with Crippen molar-refractivity contribution in [2.75, 3.05) is 5.90 Å². The van der Waals surface area contributed by atoms with Crippen molar-refractivity contribution in [1.82, 2.24) is 0 Å². The Bertz CT molecular complexity index is 2700. The molecular weight excluding hydrogens is 1120 g/mol. The minimum Gasteiger partial charge on any atom is -0.474 e. The molecule has 1 aliphatic carbocycles. The topological polar surface area (TPSA) is 13.1 Å². The summed E-state index contributed by atoms with van der Waals surface area (Å²) in [6.45, 7) is 4.30. The molecule has 7 aromatic carbocycles. The number of para-hydroxylation sites is 2. The van der Waals surface area contributed by atoms with Gasteiger partial charge >= 0.3 is 44.8 Å². The monoisotopic (exact) mass is 1160 g/mol. The first kappa shape index (κ1) is 45.4. The molecule has 0 spiro atoms. The van der Waals surface area contributed by atoms with E-state index in [1.54, 1.807) is 0 Å². The predicted octanol–water partition coefficient (Wildman–Crippen LogP) is 12.5. The zero-order valence-electron chi connectivity index (χ0n) is 32.9. The number of benzene rings is 7. The van der Waals surface area contributed by atoms with E-state index in [1.807, 2.05) is 54.6 Å². The predicted molar refractivity (Wildman–Crippen MR) is 249 cm³/mol. The molecule has 1 atom stereocenters. The molecular formula is C54H44Au2OP2+2. The maximum atomic E-state index is 7.27. The van der Waals surface area contributed by atoms with E-state index in [0.29, 0.717) is 5.56 Å². The van der Waals surface area contributed by atoms with Crippen LogP contribution in [-0.2, 0) is 51.2 Å². The van der Waals surface area contributed by atoms with E-state index in [4.69, 9.17) is 17.3 Å². The van der Waals surface area contributed by atoms with Crippen molar-refractivity contribution in [3.05, 3.63) is 235 Å². The quantitative estimate of drug-likeness (QED) is 0.0510. The van der Waals surface area contributed by atoms with Crippen LogP contribution in [0, 0.1) is 24.7 Å². The third-order valence-electron chi connectivity index (χ3n) is 10.3. The molecule has 1 aliphatic rings. The van der Waals surface area contributed by atoms with E-state index in [0.717, 1.165) is 33.9 Å². The van der Waals surface area contributed by atoms with Crippen molar-refractivity contribution in [2.24, 2.45) is 0 Å². The Hall–Kier alpha value is -4.72. The van der Waals surface area contributed by atoms with Crippen LogP contribution in [0.2, 0.25) is 0 Å². The first-order chi connectivity index (χ1) is 28.1.